The van der Waals surface area contributed by atoms with Crippen LogP contribution >= 0.6 is 11.3 Å². The third-order valence-electron chi connectivity index (χ3n) is 17.0. The van der Waals surface area contributed by atoms with E-state index in [1.165, 1.54) is 100 Å². The molecule has 0 aliphatic heterocycles. The van der Waals surface area contributed by atoms with Crippen LogP contribution in [0.5, 0.6) is 0 Å². The summed E-state index contributed by atoms with van der Waals surface area (Å²) in [4.78, 5) is 2.53. The Morgan fingerprint density at radius 1 is 0.429 bits per heavy atom. The summed E-state index contributed by atoms with van der Waals surface area (Å²) in [5.74, 6) is 3.65. The summed E-state index contributed by atoms with van der Waals surface area (Å²) in [5.41, 5.74) is 18.1. The monoisotopic (exact) mass is 821 g/mol. The number of hydrogen-bond donors (Lipinski definition) is 0. The lowest BCUT2D eigenvalue weighted by Crippen LogP contribution is -2.88. The number of benzene rings is 9. The fourth-order valence-electron chi connectivity index (χ4n) is 14.6. The van der Waals surface area contributed by atoms with Crippen LogP contribution in [0.3, 0.4) is 0 Å². The summed E-state index contributed by atoms with van der Waals surface area (Å²) in [6, 6.07) is 75.5. The molecule has 2 spiro atoms. The van der Waals surface area contributed by atoms with E-state index in [1.54, 1.807) is 11.1 Å². The molecule has 0 radical (unpaired) electrons. The maximum Gasteiger partial charge on any atom is 0.0640 e. The van der Waals surface area contributed by atoms with Gasteiger partial charge in [-0.05, 0) is 146 Å². The minimum atomic E-state index is 0.209. The molecule has 1 heterocycles. The zero-order chi connectivity index (χ0) is 41.0. The van der Waals surface area contributed by atoms with Crippen molar-refractivity contribution in [1.82, 2.24) is 0 Å². The Morgan fingerprint density at radius 3 is 1.89 bits per heavy atom. The number of thiophene rings is 1. The molecule has 1 nitrogen and oxygen atoms in total. The molecule has 63 heavy (non-hydrogen) atoms. The van der Waals surface area contributed by atoms with Crippen molar-refractivity contribution >= 4 is 59.3 Å². The average molecular weight is 822 g/mol. The third-order valence-corrected chi connectivity index (χ3v) is 18.2. The molecule has 0 amide bonds. The van der Waals surface area contributed by atoms with Crippen molar-refractivity contribution in [2.24, 2.45) is 29.1 Å². The first kappa shape index (κ1) is 34.8. The molecule has 4 unspecified atom stereocenters. The molecule has 4 saturated carbocycles. The van der Waals surface area contributed by atoms with Crippen molar-refractivity contribution < 1.29 is 0 Å². The molecule has 0 saturated heterocycles. The molecule has 15 rings (SSSR count). The van der Waals surface area contributed by atoms with E-state index in [0.717, 1.165) is 35.0 Å². The second kappa shape index (κ2) is 12.5. The van der Waals surface area contributed by atoms with Crippen molar-refractivity contribution in [3.8, 4) is 44.5 Å². The Morgan fingerprint density at radius 2 is 1.06 bits per heavy atom. The van der Waals surface area contributed by atoms with Crippen LogP contribution in [0.4, 0.5) is 17.1 Å². The Kier molecular flexibility index (Phi) is 6.88. The lowest BCUT2D eigenvalue weighted by Gasteiger charge is -2.92. The maximum absolute atomic E-state index is 2.62. The van der Waals surface area contributed by atoms with Crippen LogP contribution in [0.15, 0.2) is 200 Å². The van der Waals surface area contributed by atoms with E-state index in [4.69, 9.17) is 0 Å². The van der Waals surface area contributed by atoms with E-state index in [2.05, 4.69) is 205 Å². The molecular formula is C61H43NS. The van der Waals surface area contributed by atoms with Crippen molar-refractivity contribution in [2.45, 2.75) is 24.7 Å². The van der Waals surface area contributed by atoms with Crippen molar-refractivity contribution in [3.63, 3.8) is 0 Å². The molecule has 5 aliphatic carbocycles. The number of hydrogen-bond acceptors (Lipinski definition) is 2. The van der Waals surface area contributed by atoms with Crippen LogP contribution in [0.2, 0.25) is 0 Å². The van der Waals surface area contributed by atoms with Crippen LogP contribution in [-0.4, -0.2) is 0 Å². The number of para-hydroxylation sites is 1. The van der Waals surface area contributed by atoms with Gasteiger partial charge in [-0.3, -0.25) is 0 Å². The number of fused-ring (bicyclic) bond motifs is 11. The number of anilines is 3. The molecular weight excluding hydrogens is 779 g/mol. The summed E-state index contributed by atoms with van der Waals surface area (Å²) >= 11 is 1.89. The lowest BCUT2D eigenvalue weighted by molar-refractivity contribution is -0.412. The first-order chi connectivity index (χ1) is 31.2. The predicted molar refractivity (Wildman–Crippen MR) is 264 cm³/mol. The third kappa shape index (κ3) is 4.29. The summed E-state index contributed by atoms with van der Waals surface area (Å²) < 4.78 is 2.61. The summed E-state index contributed by atoms with van der Waals surface area (Å²) in [6.45, 7) is 0. The van der Waals surface area contributed by atoms with Crippen molar-refractivity contribution in [3.05, 3.63) is 211 Å². The minimum Gasteiger partial charge on any atom is -0.308 e. The highest BCUT2D eigenvalue weighted by molar-refractivity contribution is 7.26. The van der Waals surface area contributed by atoms with E-state index >= 15 is 0 Å². The van der Waals surface area contributed by atoms with Crippen molar-refractivity contribution in [2.75, 3.05) is 4.90 Å². The van der Waals surface area contributed by atoms with E-state index in [1.807, 2.05) is 11.3 Å². The van der Waals surface area contributed by atoms with E-state index in [0.29, 0.717) is 5.41 Å². The average Bonchev–Trinajstić information content (AvgIpc) is 3.85. The standard InChI is InChI=1S/C61H43NS/c1-2-13-38(14-3-1)44-20-10-15-39-16-11-21-49(58(39)44)47-18-5-8-24-53(47)62(54-25-12-22-50-48-19-6-9-26-55(48)63-59(50)54)43-30-27-37(28-31-43)40-29-32-46-45-17-4-7-23-51(45)61(52(46)33-40)56-35-41-34-42-36-57(61)60(41,42)56/h1-33,41-42,56-57H,34-36H2. The van der Waals surface area contributed by atoms with Crippen LogP contribution in [0, 0.1) is 29.1 Å². The topological polar surface area (TPSA) is 3.24 Å². The van der Waals surface area contributed by atoms with Crippen LogP contribution in [0.25, 0.3) is 75.5 Å². The highest BCUT2D eigenvalue weighted by Crippen LogP contribution is 2.94. The van der Waals surface area contributed by atoms with E-state index in [9.17, 15) is 0 Å². The van der Waals surface area contributed by atoms with Crippen molar-refractivity contribution in [1.29, 1.82) is 0 Å². The van der Waals surface area contributed by atoms with Gasteiger partial charge >= 0.3 is 0 Å². The van der Waals surface area contributed by atoms with Crippen LogP contribution < -0.4 is 4.90 Å². The van der Waals surface area contributed by atoms with Crippen LogP contribution in [0.1, 0.15) is 30.4 Å². The van der Waals surface area contributed by atoms with Gasteiger partial charge in [-0.2, -0.15) is 0 Å². The Hall–Kier alpha value is -6.74. The quantitative estimate of drug-likeness (QED) is 0.161. The smallest absolute Gasteiger partial charge is 0.0640 e. The maximum atomic E-state index is 2.62. The predicted octanol–water partition coefficient (Wildman–Crippen LogP) is 16.6. The first-order valence-corrected chi connectivity index (χ1v) is 23.8. The van der Waals surface area contributed by atoms with Gasteiger partial charge in [0.1, 0.15) is 0 Å². The minimum absolute atomic E-state index is 0.209. The Labute approximate surface area is 371 Å². The van der Waals surface area contributed by atoms with Gasteiger partial charge in [-0.1, -0.05) is 164 Å². The van der Waals surface area contributed by atoms with Gasteiger partial charge in [-0.15, -0.1) is 11.3 Å². The molecule has 10 aromatic rings. The second-order valence-corrected chi connectivity index (χ2v) is 20.2. The van der Waals surface area contributed by atoms with Gasteiger partial charge in [0, 0.05) is 32.1 Å². The van der Waals surface area contributed by atoms with Gasteiger partial charge < -0.3 is 4.90 Å². The zero-order valence-corrected chi connectivity index (χ0v) is 35.7. The highest BCUT2D eigenvalue weighted by atomic mass is 32.1. The molecule has 298 valence electrons. The molecule has 2 heteroatoms. The SMILES string of the molecule is c1ccc(-c2cccc3cccc(-c4ccccc4N(c4ccc(-c5ccc6c(c5)C5(c7ccccc7-6)C6CC7CC8CC5C786)cc4)c4cccc5c4sc4ccccc45)c23)cc1. The summed E-state index contributed by atoms with van der Waals surface area (Å²) in [5, 5.41) is 5.12. The largest absolute Gasteiger partial charge is 0.308 e. The lowest BCUT2D eigenvalue weighted by atomic mass is 9.11. The Balaban J connectivity index is 0.900. The van der Waals surface area contributed by atoms with Gasteiger partial charge in [-0.25, -0.2) is 0 Å². The Bertz CT molecular complexity index is 3510. The highest BCUT2D eigenvalue weighted by Gasteiger charge is 2.90. The number of rotatable bonds is 6. The summed E-state index contributed by atoms with van der Waals surface area (Å²) in [7, 11) is 0. The fourth-order valence-corrected chi connectivity index (χ4v) is 15.8. The van der Waals surface area contributed by atoms with Gasteiger partial charge in [0.15, 0.2) is 0 Å². The van der Waals surface area contributed by atoms with Gasteiger partial charge in [0.25, 0.3) is 0 Å². The molecule has 1 aromatic heterocycles. The summed E-state index contributed by atoms with van der Waals surface area (Å²) in [6.07, 6.45) is 4.35. The second-order valence-electron chi connectivity index (χ2n) is 19.1. The van der Waals surface area contributed by atoms with E-state index < -0.39 is 0 Å². The molecule has 4 fully saturated rings. The molecule has 4 atom stereocenters. The zero-order valence-electron chi connectivity index (χ0n) is 34.8. The van der Waals surface area contributed by atoms with E-state index in [-0.39, 0.29) is 5.41 Å². The normalized spacial score (nSPS) is 24.1. The number of nitrogens with zero attached hydrogens (tertiary/aromatic N) is 1. The molecule has 0 bridgehead atoms. The molecule has 5 aliphatic rings. The first-order valence-electron chi connectivity index (χ1n) is 22.9. The molecule has 0 N–H and O–H groups in total. The van der Waals surface area contributed by atoms with Crippen LogP contribution in [-0.2, 0) is 5.41 Å². The molecule has 9 aromatic carbocycles. The fraction of sp³-hybridized carbons (Fsp3) is 0.148. The van der Waals surface area contributed by atoms with Gasteiger partial charge in [0.05, 0.1) is 16.1 Å². The van der Waals surface area contributed by atoms with Gasteiger partial charge in [0.2, 0.25) is 0 Å².